The minimum absolute atomic E-state index is 0.0845. The fourth-order valence-electron chi connectivity index (χ4n) is 4.02. The van der Waals surface area contributed by atoms with Gasteiger partial charge in [-0.2, -0.15) is 0 Å². The van der Waals surface area contributed by atoms with Crippen molar-refractivity contribution < 1.29 is 18.7 Å². The molecular formula is C27H30ClN3O4. The Labute approximate surface area is 210 Å². The molecule has 1 aromatic heterocycles. The predicted octanol–water partition coefficient (Wildman–Crippen LogP) is 5.48. The molecule has 3 aromatic rings. The number of hydrogen-bond acceptors (Lipinski definition) is 4. The van der Waals surface area contributed by atoms with Gasteiger partial charge in [-0.1, -0.05) is 48.0 Å². The van der Waals surface area contributed by atoms with Crippen LogP contribution in [-0.2, 0) is 22.6 Å². The van der Waals surface area contributed by atoms with Crippen LogP contribution < -0.4 is 5.32 Å². The standard InChI is InChI=1S/C27H30ClN3O4/c1-20-11-12-22(15-25(20)28)29-27(33)31(18-24-10-6-14-35-24)19-26(32)30(17-23-9-5-13-34-23)16-21-7-3-2-4-8-21/h2-5,7-9,11-13,15,24H,6,10,14,16-19H2,1H3,(H,29,33). The number of amides is 3. The number of carbonyl (C=O) groups is 2. The summed E-state index contributed by atoms with van der Waals surface area (Å²) in [4.78, 5) is 30.0. The van der Waals surface area contributed by atoms with E-state index in [4.69, 9.17) is 20.8 Å². The maximum Gasteiger partial charge on any atom is 0.322 e. The van der Waals surface area contributed by atoms with Crippen molar-refractivity contribution in [3.63, 3.8) is 0 Å². The van der Waals surface area contributed by atoms with Crippen LogP contribution in [0.25, 0.3) is 0 Å². The largest absolute Gasteiger partial charge is 0.467 e. The molecule has 0 bridgehead atoms. The predicted molar refractivity (Wildman–Crippen MR) is 135 cm³/mol. The topological polar surface area (TPSA) is 75.0 Å². The third-order valence-corrected chi connectivity index (χ3v) is 6.39. The number of benzene rings is 2. The summed E-state index contributed by atoms with van der Waals surface area (Å²) in [6.45, 7) is 3.53. The van der Waals surface area contributed by atoms with E-state index >= 15 is 0 Å². The zero-order valence-electron chi connectivity index (χ0n) is 19.8. The Morgan fingerprint density at radius 2 is 1.89 bits per heavy atom. The van der Waals surface area contributed by atoms with Gasteiger partial charge in [0.1, 0.15) is 12.3 Å². The van der Waals surface area contributed by atoms with Gasteiger partial charge in [0.15, 0.2) is 0 Å². The molecule has 0 aliphatic carbocycles. The van der Waals surface area contributed by atoms with Gasteiger partial charge in [0, 0.05) is 30.4 Å². The van der Waals surface area contributed by atoms with Crippen molar-refractivity contribution in [1.29, 1.82) is 0 Å². The molecular weight excluding hydrogens is 466 g/mol. The Hall–Kier alpha value is -3.29. The number of urea groups is 1. The minimum atomic E-state index is -0.369. The number of halogens is 1. The Morgan fingerprint density at radius 1 is 1.06 bits per heavy atom. The van der Waals surface area contributed by atoms with Crippen LogP contribution in [0, 0.1) is 6.92 Å². The van der Waals surface area contributed by atoms with E-state index in [0.29, 0.717) is 42.7 Å². The van der Waals surface area contributed by atoms with Gasteiger partial charge in [-0.05, 0) is 55.2 Å². The normalized spacial score (nSPS) is 15.1. The molecule has 2 heterocycles. The molecule has 1 atom stereocenters. The van der Waals surface area contributed by atoms with E-state index in [0.717, 1.165) is 24.0 Å². The molecule has 1 aliphatic heterocycles. The van der Waals surface area contributed by atoms with Crippen LogP contribution in [0.15, 0.2) is 71.3 Å². The van der Waals surface area contributed by atoms with Gasteiger partial charge in [0.25, 0.3) is 0 Å². The lowest BCUT2D eigenvalue weighted by Gasteiger charge is -2.29. The highest BCUT2D eigenvalue weighted by atomic mass is 35.5. The van der Waals surface area contributed by atoms with E-state index in [9.17, 15) is 9.59 Å². The van der Waals surface area contributed by atoms with Gasteiger partial charge in [-0.3, -0.25) is 4.79 Å². The molecule has 0 radical (unpaired) electrons. The summed E-state index contributed by atoms with van der Waals surface area (Å²) in [7, 11) is 0. The molecule has 1 aliphatic rings. The molecule has 184 valence electrons. The Morgan fingerprint density at radius 3 is 2.57 bits per heavy atom. The number of carbonyl (C=O) groups excluding carboxylic acids is 2. The number of nitrogens with one attached hydrogen (secondary N) is 1. The second-order valence-electron chi connectivity index (χ2n) is 8.72. The summed E-state index contributed by atoms with van der Waals surface area (Å²) in [6.07, 6.45) is 3.29. The van der Waals surface area contributed by atoms with Gasteiger partial charge in [-0.15, -0.1) is 0 Å². The van der Waals surface area contributed by atoms with E-state index in [2.05, 4.69) is 5.32 Å². The highest BCUT2D eigenvalue weighted by molar-refractivity contribution is 6.31. The summed E-state index contributed by atoms with van der Waals surface area (Å²) < 4.78 is 11.3. The average Bonchev–Trinajstić information content (AvgIpc) is 3.56. The number of rotatable bonds is 9. The molecule has 0 saturated carbocycles. The van der Waals surface area contributed by atoms with Crippen LogP contribution in [0.5, 0.6) is 0 Å². The smallest absolute Gasteiger partial charge is 0.322 e. The quantitative estimate of drug-likeness (QED) is 0.426. The van der Waals surface area contributed by atoms with Crippen molar-refractivity contribution >= 4 is 29.2 Å². The molecule has 2 aromatic carbocycles. The van der Waals surface area contributed by atoms with E-state index in [1.165, 1.54) is 4.90 Å². The summed E-state index contributed by atoms with van der Waals surface area (Å²) in [5.41, 5.74) is 2.49. The monoisotopic (exact) mass is 495 g/mol. The molecule has 1 unspecified atom stereocenters. The van der Waals surface area contributed by atoms with Crippen LogP contribution in [0.1, 0.15) is 29.7 Å². The number of ether oxygens (including phenoxy) is 1. The maximum atomic E-state index is 13.5. The molecule has 4 rings (SSSR count). The second kappa shape index (κ2) is 11.9. The molecule has 1 fully saturated rings. The van der Waals surface area contributed by atoms with Crippen molar-refractivity contribution in [3.05, 3.63) is 88.8 Å². The summed E-state index contributed by atoms with van der Waals surface area (Å²) in [6, 6.07) is 18.4. The Bertz CT molecular complexity index is 1110. The third kappa shape index (κ3) is 7.10. The molecule has 35 heavy (non-hydrogen) atoms. The van der Waals surface area contributed by atoms with Gasteiger partial charge < -0.3 is 24.3 Å². The maximum absolute atomic E-state index is 13.5. The Kier molecular flexibility index (Phi) is 8.45. The number of furan rings is 1. The van der Waals surface area contributed by atoms with Gasteiger partial charge in [0.05, 0.1) is 18.9 Å². The van der Waals surface area contributed by atoms with Gasteiger partial charge in [0.2, 0.25) is 5.91 Å². The van der Waals surface area contributed by atoms with Crippen LogP contribution in [0.3, 0.4) is 0 Å². The van der Waals surface area contributed by atoms with Gasteiger partial charge in [-0.25, -0.2) is 4.79 Å². The third-order valence-electron chi connectivity index (χ3n) is 5.98. The van der Waals surface area contributed by atoms with Crippen LogP contribution in [0.2, 0.25) is 5.02 Å². The first-order valence-corrected chi connectivity index (χ1v) is 12.1. The lowest BCUT2D eigenvalue weighted by molar-refractivity contribution is -0.133. The van der Waals surface area contributed by atoms with Crippen LogP contribution in [0.4, 0.5) is 10.5 Å². The van der Waals surface area contributed by atoms with E-state index < -0.39 is 0 Å². The van der Waals surface area contributed by atoms with Crippen LogP contribution >= 0.6 is 11.6 Å². The number of aryl methyl sites for hydroxylation is 1. The average molecular weight is 496 g/mol. The number of anilines is 1. The lowest BCUT2D eigenvalue weighted by atomic mass is 10.2. The molecule has 7 nitrogen and oxygen atoms in total. The number of nitrogens with zero attached hydrogens (tertiary/aromatic N) is 2. The highest BCUT2D eigenvalue weighted by Gasteiger charge is 2.27. The van der Waals surface area contributed by atoms with Crippen molar-refractivity contribution in [1.82, 2.24) is 9.80 Å². The highest BCUT2D eigenvalue weighted by Crippen LogP contribution is 2.21. The molecule has 8 heteroatoms. The summed E-state index contributed by atoms with van der Waals surface area (Å²) in [5.74, 6) is 0.499. The fourth-order valence-corrected chi connectivity index (χ4v) is 4.20. The minimum Gasteiger partial charge on any atom is -0.467 e. The Balaban J connectivity index is 1.50. The molecule has 1 N–H and O–H groups in total. The fraction of sp³-hybridized carbons (Fsp3) is 0.333. The zero-order valence-corrected chi connectivity index (χ0v) is 20.5. The first-order chi connectivity index (χ1) is 17.0. The molecule has 1 saturated heterocycles. The van der Waals surface area contributed by atoms with E-state index in [1.807, 2.05) is 49.4 Å². The van der Waals surface area contributed by atoms with Crippen molar-refractivity contribution in [2.24, 2.45) is 0 Å². The van der Waals surface area contributed by atoms with Crippen molar-refractivity contribution in [2.45, 2.75) is 39.0 Å². The first kappa shape index (κ1) is 24.8. The molecule has 3 amide bonds. The zero-order chi connectivity index (χ0) is 24.6. The molecule has 0 spiro atoms. The SMILES string of the molecule is Cc1ccc(NC(=O)N(CC(=O)N(Cc2ccccc2)Cc2ccco2)CC2CCCO2)cc1Cl. The summed E-state index contributed by atoms with van der Waals surface area (Å²) >= 11 is 6.23. The van der Waals surface area contributed by atoms with E-state index in [-0.39, 0.29) is 24.6 Å². The van der Waals surface area contributed by atoms with Crippen molar-refractivity contribution in [3.8, 4) is 0 Å². The van der Waals surface area contributed by atoms with Crippen LogP contribution in [-0.4, -0.2) is 47.5 Å². The number of hydrogen-bond donors (Lipinski definition) is 1. The summed E-state index contributed by atoms with van der Waals surface area (Å²) in [5, 5.41) is 3.45. The van der Waals surface area contributed by atoms with Crippen molar-refractivity contribution in [2.75, 3.05) is 25.0 Å². The first-order valence-electron chi connectivity index (χ1n) is 11.8. The van der Waals surface area contributed by atoms with E-state index in [1.54, 1.807) is 29.4 Å². The second-order valence-corrected chi connectivity index (χ2v) is 9.13. The van der Waals surface area contributed by atoms with Gasteiger partial charge >= 0.3 is 6.03 Å². The lowest BCUT2D eigenvalue weighted by Crippen LogP contribution is -2.46.